The number of ether oxygens (including phenoxy) is 1. The number of halogens is 1. The molecule has 1 unspecified atom stereocenters. The summed E-state index contributed by atoms with van der Waals surface area (Å²) in [5, 5.41) is 0. The molecule has 2 nitrogen and oxygen atoms in total. The van der Waals surface area contributed by atoms with Crippen molar-refractivity contribution < 1.29 is 4.74 Å². The fraction of sp³-hybridized carbons (Fsp3) is 0.538. The van der Waals surface area contributed by atoms with Gasteiger partial charge < -0.3 is 10.5 Å². The lowest BCUT2D eigenvalue weighted by Gasteiger charge is -2.31. The Morgan fingerprint density at radius 3 is 2.94 bits per heavy atom. The van der Waals surface area contributed by atoms with Crippen molar-refractivity contribution in [1.29, 1.82) is 0 Å². The van der Waals surface area contributed by atoms with E-state index in [9.17, 15) is 0 Å². The van der Waals surface area contributed by atoms with E-state index in [1.807, 2.05) is 12.1 Å². The lowest BCUT2D eigenvalue weighted by atomic mass is 9.93. The minimum atomic E-state index is 0.102. The van der Waals surface area contributed by atoms with Gasteiger partial charge in [0.25, 0.3) is 0 Å². The van der Waals surface area contributed by atoms with E-state index in [0.29, 0.717) is 5.92 Å². The number of fused-ring (bicyclic) bond motifs is 1. The molecule has 3 heteroatoms. The van der Waals surface area contributed by atoms with Crippen LogP contribution in [0.1, 0.15) is 38.3 Å². The maximum atomic E-state index is 6.18. The maximum Gasteiger partial charge on any atom is 0.124 e. The smallest absolute Gasteiger partial charge is 0.124 e. The molecule has 1 aliphatic rings. The molecule has 1 aliphatic heterocycles. The number of hydrogen-bond donors (Lipinski definition) is 1. The Hall–Kier alpha value is -0.540. The van der Waals surface area contributed by atoms with Crippen molar-refractivity contribution in [3.8, 4) is 5.75 Å². The molecular weight excluding hydrogens is 266 g/mol. The molecule has 2 rings (SSSR count). The van der Waals surface area contributed by atoms with Gasteiger partial charge in [0, 0.05) is 22.5 Å². The number of hydrogen-bond acceptors (Lipinski definition) is 2. The molecular formula is C13H18BrNO. The largest absolute Gasteiger partial charge is 0.490 e. The molecule has 1 heterocycles. The maximum absolute atomic E-state index is 6.18. The first-order chi connectivity index (χ1) is 7.56. The Morgan fingerprint density at radius 1 is 1.50 bits per heavy atom. The predicted molar refractivity (Wildman–Crippen MR) is 69.6 cm³/mol. The zero-order valence-corrected chi connectivity index (χ0v) is 11.3. The van der Waals surface area contributed by atoms with Crippen molar-refractivity contribution in [2.45, 2.75) is 38.8 Å². The highest BCUT2D eigenvalue weighted by molar-refractivity contribution is 9.10. The van der Waals surface area contributed by atoms with E-state index in [1.165, 1.54) is 0 Å². The molecule has 0 aromatic heterocycles. The summed E-state index contributed by atoms with van der Waals surface area (Å²) in [5.41, 5.74) is 7.30. The molecule has 0 amide bonds. The summed E-state index contributed by atoms with van der Waals surface area (Å²) in [6.07, 6.45) is 2.26. The number of rotatable bonds is 2. The molecule has 0 spiro atoms. The summed E-state index contributed by atoms with van der Waals surface area (Å²) < 4.78 is 7.03. The van der Waals surface area contributed by atoms with Crippen LogP contribution in [0.25, 0.3) is 0 Å². The van der Waals surface area contributed by atoms with E-state index in [2.05, 4.69) is 35.8 Å². The highest BCUT2D eigenvalue weighted by Gasteiger charge is 2.26. The van der Waals surface area contributed by atoms with Crippen LogP contribution in [0.5, 0.6) is 5.75 Å². The average molecular weight is 284 g/mol. The molecule has 1 aromatic rings. The summed E-state index contributed by atoms with van der Waals surface area (Å²) >= 11 is 3.46. The average Bonchev–Trinajstić information content (AvgIpc) is 2.18. The minimum absolute atomic E-state index is 0.102. The van der Waals surface area contributed by atoms with E-state index < -0.39 is 0 Å². The predicted octanol–water partition coefficient (Wildman–Crippen LogP) is 3.65. The minimum Gasteiger partial charge on any atom is -0.490 e. The third kappa shape index (κ3) is 2.58. The molecule has 0 saturated carbocycles. The van der Waals surface area contributed by atoms with Gasteiger partial charge >= 0.3 is 0 Å². The SMILES string of the molecule is CC(C)CC1C[C@H](N)c2cc(Br)ccc2O1. The molecule has 2 N–H and O–H groups in total. The standard InChI is InChI=1S/C13H18BrNO/c1-8(2)5-10-7-12(15)11-6-9(14)3-4-13(11)16-10/h3-4,6,8,10,12H,5,7,15H2,1-2H3/t10?,12-/m0/s1. The Balaban J connectivity index is 2.20. The highest BCUT2D eigenvalue weighted by atomic mass is 79.9. The van der Waals surface area contributed by atoms with E-state index in [1.54, 1.807) is 0 Å². The second kappa shape index (κ2) is 4.76. The first-order valence-electron chi connectivity index (χ1n) is 5.78. The van der Waals surface area contributed by atoms with Gasteiger partial charge in [0.2, 0.25) is 0 Å². The second-order valence-electron chi connectivity index (χ2n) is 4.89. The summed E-state index contributed by atoms with van der Waals surface area (Å²) in [7, 11) is 0. The normalized spacial score (nSPS) is 24.1. The van der Waals surface area contributed by atoms with Crippen LogP contribution >= 0.6 is 15.9 Å². The van der Waals surface area contributed by atoms with E-state index in [0.717, 1.165) is 28.6 Å². The van der Waals surface area contributed by atoms with Crippen LogP contribution in [0.3, 0.4) is 0 Å². The molecule has 0 radical (unpaired) electrons. The quantitative estimate of drug-likeness (QED) is 0.899. The molecule has 1 aromatic carbocycles. The molecule has 88 valence electrons. The monoisotopic (exact) mass is 283 g/mol. The van der Waals surface area contributed by atoms with Gasteiger partial charge in [0.15, 0.2) is 0 Å². The van der Waals surface area contributed by atoms with Crippen molar-refractivity contribution in [2.75, 3.05) is 0 Å². The van der Waals surface area contributed by atoms with Gasteiger partial charge in [0.1, 0.15) is 11.9 Å². The van der Waals surface area contributed by atoms with E-state index in [4.69, 9.17) is 10.5 Å². The summed E-state index contributed by atoms with van der Waals surface area (Å²) in [6.45, 7) is 4.43. The van der Waals surface area contributed by atoms with Crippen LogP contribution in [0.15, 0.2) is 22.7 Å². The van der Waals surface area contributed by atoms with Crippen LogP contribution in [-0.4, -0.2) is 6.10 Å². The third-order valence-electron chi connectivity index (χ3n) is 2.92. The van der Waals surface area contributed by atoms with Crippen molar-refractivity contribution >= 4 is 15.9 Å². The summed E-state index contributed by atoms with van der Waals surface area (Å²) in [4.78, 5) is 0. The molecule has 16 heavy (non-hydrogen) atoms. The van der Waals surface area contributed by atoms with Crippen LogP contribution in [-0.2, 0) is 0 Å². The molecule has 0 saturated heterocycles. The summed E-state index contributed by atoms with van der Waals surface area (Å²) in [6, 6.07) is 6.17. The van der Waals surface area contributed by atoms with Gasteiger partial charge in [-0.15, -0.1) is 0 Å². The molecule has 0 fully saturated rings. The van der Waals surface area contributed by atoms with Crippen molar-refractivity contribution in [3.05, 3.63) is 28.2 Å². The van der Waals surface area contributed by atoms with Crippen molar-refractivity contribution in [1.82, 2.24) is 0 Å². The topological polar surface area (TPSA) is 35.2 Å². The number of nitrogens with two attached hydrogens (primary N) is 1. The van der Waals surface area contributed by atoms with Crippen LogP contribution in [0, 0.1) is 5.92 Å². The Labute approximate surface area is 105 Å². The van der Waals surface area contributed by atoms with Gasteiger partial charge in [-0.2, -0.15) is 0 Å². The van der Waals surface area contributed by atoms with E-state index in [-0.39, 0.29) is 12.1 Å². The van der Waals surface area contributed by atoms with Crippen LogP contribution in [0.2, 0.25) is 0 Å². The number of benzene rings is 1. The fourth-order valence-electron chi connectivity index (χ4n) is 2.22. The van der Waals surface area contributed by atoms with E-state index >= 15 is 0 Å². The Kier molecular flexibility index (Phi) is 3.55. The summed E-state index contributed by atoms with van der Waals surface area (Å²) in [5.74, 6) is 1.60. The van der Waals surface area contributed by atoms with Gasteiger partial charge in [-0.1, -0.05) is 29.8 Å². The van der Waals surface area contributed by atoms with Gasteiger partial charge in [0.05, 0.1) is 0 Å². The molecule has 0 bridgehead atoms. The Bertz CT molecular complexity index is 378. The fourth-order valence-corrected chi connectivity index (χ4v) is 2.60. The first-order valence-corrected chi connectivity index (χ1v) is 6.57. The van der Waals surface area contributed by atoms with Crippen molar-refractivity contribution in [3.63, 3.8) is 0 Å². The third-order valence-corrected chi connectivity index (χ3v) is 3.41. The lowest BCUT2D eigenvalue weighted by molar-refractivity contribution is 0.136. The van der Waals surface area contributed by atoms with Gasteiger partial charge in [-0.3, -0.25) is 0 Å². The van der Waals surface area contributed by atoms with Crippen molar-refractivity contribution in [2.24, 2.45) is 11.7 Å². The van der Waals surface area contributed by atoms with Gasteiger partial charge in [-0.25, -0.2) is 0 Å². The first kappa shape index (κ1) is 11.9. The van der Waals surface area contributed by atoms with Gasteiger partial charge in [-0.05, 0) is 30.5 Å². The Morgan fingerprint density at radius 2 is 2.25 bits per heavy atom. The highest BCUT2D eigenvalue weighted by Crippen LogP contribution is 2.36. The zero-order chi connectivity index (χ0) is 11.7. The molecule has 2 atom stereocenters. The molecule has 0 aliphatic carbocycles. The zero-order valence-electron chi connectivity index (χ0n) is 9.74. The second-order valence-corrected chi connectivity index (χ2v) is 5.81. The lowest BCUT2D eigenvalue weighted by Crippen LogP contribution is -2.30. The van der Waals surface area contributed by atoms with Crippen LogP contribution in [0.4, 0.5) is 0 Å². The van der Waals surface area contributed by atoms with Crippen LogP contribution < -0.4 is 10.5 Å².